The third-order valence-electron chi connectivity index (χ3n) is 2.44. The van der Waals surface area contributed by atoms with Crippen molar-refractivity contribution in [3.63, 3.8) is 0 Å². The Kier molecular flexibility index (Phi) is 1.40. The van der Waals surface area contributed by atoms with E-state index in [4.69, 9.17) is 9.84 Å². The van der Waals surface area contributed by atoms with Gasteiger partial charge in [-0.15, -0.1) is 0 Å². The average Bonchev–Trinajstić information content (AvgIpc) is 2.37. The highest BCUT2D eigenvalue weighted by molar-refractivity contribution is 5.72. The fourth-order valence-corrected chi connectivity index (χ4v) is 1.86. The molecule has 0 aromatic heterocycles. The van der Waals surface area contributed by atoms with E-state index in [1.54, 1.807) is 0 Å². The molecule has 4 atom stereocenters. The Bertz CT molecular complexity index is 191. The maximum Gasteiger partial charge on any atom is 0.306 e. The molecule has 62 valence electrons. The van der Waals surface area contributed by atoms with E-state index in [0.717, 1.165) is 0 Å². The summed E-state index contributed by atoms with van der Waals surface area (Å²) in [6.45, 7) is 0. The molecule has 0 spiro atoms. The molecular weight excluding hydrogens is 148 g/mol. The van der Waals surface area contributed by atoms with Crippen LogP contribution in [0.3, 0.4) is 0 Å². The number of fused-ring (bicyclic) bond motifs is 1. The summed E-state index contributed by atoms with van der Waals surface area (Å²) in [5.41, 5.74) is 0. The maximum atomic E-state index is 10.7. The summed E-state index contributed by atoms with van der Waals surface area (Å²) in [5.74, 6) is -0.224. The number of esters is 1. The van der Waals surface area contributed by atoms with Crippen LogP contribution in [0.4, 0.5) is 0 Å². The Morgan fingerprint density at radius 2 is 2.18 bits per heavy atom. The first-order chi connectivity index (χ1) is 5.18. The Morgan fingerprint density at radius 3 is 2.82 bits per heavy atom. The highest BCUT2D eigenvalue weighted by Crippen LogP contribution is 2.36. The summed E-state index contributed by atoms with van der Waals surface area (Å²) in [4.78, 5) is 10.7. The molecule has 0 aromatic carbocycles. The van der Waals surface area contributed by atoms with Gasteiger partial charge < -0.3 is 14.9 Å². The lowest BCUT2D eigenvalue weighted by atomic mass is 10.1. The van der Waals surface area contributed by atoms with Gasteiger partial charge in [0.25, 0.3) is 0 Å². The minimum Gasteiger partial charge on any atom is -0.459 e. The van der Waals surface area contributed by atoms with Crippen LogP contribution in [0, 0.1) is 5.92 Å². The lowest BCUT2D eigenvalue weighted by Crippen LogP contribution is -2.30. The van der Waals surface area contributed by atoms with Crippen molar-refractivity contribution in [1.82, 2.24) is 0 Å². The maximum absolute atomic E-state index is 10.7. The number of carbonyl (C=O) groups excluding carboxylic acids is 1. The molecule has 1 saturated heterocycles. The van der Waals surface area contributed by atoms with Gasteiger partial charge in [-0.25, -0.2) is 0 Å². The molecule has 4 nitrogen and oxygen atoms in total. The van der Waals surface area contributed by atoms with E-state index in [0.29, 0.717) is 12.8 Å². The Labute approximate surface area is 63.8 Å². The van der Waals surface area contributed by atoms with Crippen LogP contribution in [-0.4, -0.2) is 34.5 Å². The molecule has 0 unspecified atom stereocenters. The van der Waals surface area contributed by atoms with Gasteiger partial charge in [0.05, 0.1) is 12.5 Å². The third kappa shape index (κ3) is 0.937. The number of hydrogen-bond acceptors (Lipinski definition) is 4. The first-order valence-corrected chi connectivity index (χ1v) is 3.74. The smallest absolute Gasteiger partial charge is 0.306 e. The summed E-state index contributed by atoms with van der Waals surface area (Å²) in [6.07, 6.45) is -1.20. The minimum absolute atomic E-state index is 0.0347. The van der Waals surface area contributed by atoms with Crippen molar-refractivity contribution in [3.05, 3.63) is 0 Å². The molecule has 2 N–H and O–H groups in total. The molecule has 1 aliphatic heterocycles. The van der Waals surface area contributed by atoms with E-state index in [1.807, 2.05) is 0 Å². The Balaban J connectivity index is 2.13. The van der Waals surface area contributed by atoms with Gasteiger partial charge in [-0.05, 0) is 6.42 Å². The van der Waals surface area contributed by atoms with Crippen molar-refractivity contribution in [2.24, 2.45) is 5.92 Å². The van der Waals surface area contributed by atoms with Crippen molar-refractivity contribution >= 4 is 5.97 Å². The first-order valence-electron chi connectivity index (χ1n) is 3.74. The van der Waals surface area contributed by atoms with Crippen molar-refractivity contribution < 1.29 is 19.7 Å². The molecule has 2 fully saturated rings. The predicted molar refractivity (Wildman–Crippen MR) is 34.6 cm³/mol. The number of hydrogen-bond donors (Lipinski definition) is 2. The quantitative estimate of drug-likeness (QED) is 0.446. The highest BCUT2D eigenvalue weighted by Gasteiger charge is 2.49. The number of aliphatic hydroxyl groups is 2. The molecule has 4 heteroatoms. The summed E-state index contributed by atoms with van der Waals surface area (Å²) in [6, 6.07) is 0. The molecule has 1 aliphatic carbocycles. The number of rotatable bonds is 0. The zero-order chi connectivity index (χ0) is 8.01. The third-order valence-corrected chi connectivity index (χ3v) is 2.44. The first kappa shape index (κ1) is 7.06. The minimum atomic E-state index is -0.869. The highest BCUT2D eigenvalue weighted by atomic mass is 16.6. The van der Waals surface area contributed by atoms with Crippen LogP contribution >= 0.6 is 0 Å². The Hall–Kier alpha value is -0.610. The van der Waals surface area contributed by atoms with E-state index in [1.165, 1.54) is 0 Å². The lowest BCUT2D eigenvalue weighted by molar-refractivity contribution is -0.146. The van der Waals surface area contributed by atoms with Crippen LogP contribution in [0.2, 0.25) is 0 Å². The van der Waals surface area contributed by atoms with Crippen molar-refractivity contribution in [1.29, 1.82) is 0 Å². The lowest BCUT2D eigenvalue weighted by Gasteiger charge is -2.13. The van der Waals surface area contributed by atoms with E-state index in [-0.39, 0.29) is 11.9 Å². The van der Waals surface area contributed by atoms with Gasteiger partial charge in [0.1, 0.15) is 12.2 Å². The van der Waals surface area contributed by atoms with Crippen LogP contribution < -0.4 is 0 Å². The molecule has 1 heterocycles. The summed E-state index contributed by atoms with van der Waals surface area (Å²) in [7, 11) is 0. The summed E-state index contributed by atoms with van der Waals surface area (Å²) >= 11 is 0. The zero-order valence-corrected chi connectivity index (χ0v) is 5.93. The zero-order valence-electron chi connectivity index (χ0n) is 5.93. The summed E-state index contributed by atoms with van der Waals surface area (Å²) in [5, 5.41) is 18.4. The van der Waals surface area contributed by atoms with E-state index >= 15 is 0 Å². The molecule has 0 amide bonds. The normalized spacial score (nSPS) is 49.1. The van der Waals surface area contributed by atoms with Crippen LogP contribution in [0.1, 0.15) is 12.8 Å². The second-order valence-corrected chi connectivity index (χ2v) is 3.21. The predicted octanol–water partition coefficient (Wildman–Crippen LogP) is -0.956. The topological polar surface area (TPSA) is 66.8 Å². The fraction of sp³-hybridized carbons (Fsp3) is 0.857. The standard InChI is InChI=1S/C7H10O4/c8-4-1-3-2-5(9)11-7(3)6(4)10/h3-4,6-8,10H,1-2H2/t3-,4-,6+,7+/m0/s1. The van der Waals surface area contributed by atoms with Gasteiger partial charge in [-0.1, -0.05) is 0 Å². The molecule has 11 heavy (non-hydrogen) atoms. The molecule has 0 bridgehead atoms. The van der Waals surface area contributed by atoms with Gasteiger partial charge in [0, 0.05) is 5.92 Å². The molecule has 0 aromatic rings. The van der Waals surface area contributed by atoms with Crippen LogP contribution in [0.25, 0.3) is 0 Å². The van der Waals surface area contributed by atoms with Gasteiger partial charge >= 0.3 is 5.97 Å². The van der Waals surface area contributed by atoms with Crippen LogP contribution in [0.5, 0.6) is 0 Å². The van der Waals surface area contributed by atoms with Gasteiger partial charge in [-0.3, -0.25) is 4.79 Å². The van der Waals surface area contributed by atoms with Crippen LogP contribution in [-0.2, 0) is 9.53 Å². The molecule has 2 aliphatic rings. The second-order valence-electron chi connectivity index (χ2n) is 3.21. The largest absolute Gasteiger partial charge is 0.459 e. The van der Waals surface area contributed by atoms with E-state index in [9.17, 15) is 9.90 Å². The van der Waals surface area contributed by atoms with Crippen molar-refractivity contribution in [2.75, 3.05) is 0 Å². The number of aliphatic hydroxyl groups excluding tert-OH is 2. The average molecular weight is 158 g/mol. The van der Waals surface area contributed by atoms with E-state index < -0.39 is 18.3 Å². The van der Waals surface area contributed by atoms with Gasteiger partial charge in [0.2, 0.25) is 0 Å². The molecule has 0 radical (unpaired) electrons. The fourth-order valence-electron chi connectivity index (χ4n) is 1.86. The van der Waals surface area contributed by atoms with Crippen LogP contribution in [0.15, 0.2) is 0 Å². The number of ether oxygens (including phenoxy) is 1. The van der Waals surface area contributed by atoms with Crippen molar-refractivity contribution in [3.8, 4) is 0 Å². The SMILES string of the molecule is O=C1C[C@@H]2C[C@H](O)[C@@H](O)[C@@H]2O1. The number of carbonyl (C=O) groups is 1. The summed E-state index contributed by atoms with van der Waals surface area (Å²) < 4.78 is 4.82. The monoisotopic (exact) mass is 158 g/mol. The second kappa shape index (κ2) is 2.19. The molecule has 1 saturated carbocycles. The van der Waals surface area contributed by atoms with Gasteiger partial charge in [0.15, 0.2) is 0 Å². The molecule has 2 rings (SSSR count). The van der Waals surface area contributed by atoms with Gasteiger partial charge in [-0.2, -0.15) is 0 Å². The van der Waals surface area contributed by atoms with Crippen molar-refractivity contribution in [2.45, 2.75) is 31.2 Å². The molecular formula is C7H10O4. The Morgan fingerprint density at radius 1 is 1.45 bits per heavy atom. The van der Waals surface area contributed by atoms with E-state index in [2.05, 4.69) is 0 Å².